The number of rotatable bonds is 8. The molecule has 1 aliphatic rings. The zero-order chi connectivity index (χ0) is 25.3. The van der Waals surface area contributed by atoms with Crippen LogP contribution in [-0.4, -0.2) is 41.6 Å². The standard InChI is InChI=1S/C28H38N2O5/c1-28(2,3)35-27(33)29-22-13-15-23(16-14-22)34-26(32)30-25-19-20(9-7-8-18-31)12-17-24(25)21-10-5-4-6-11-21/h4-6,10-12,17,19,22-23,31H,7-9,13-16,18H2,1-3H3,(H,29,33)(H,30,32). The topological polar surface area (TPSA) is 96.9 Å². The predicted octanol–water partition coefficient (Wildman–Crippen LogP) is 6.05. The summed E-state index contributed by atoms with van der Waals surface area (Å²) in [5.74, 6) is 0. The lowest BCUT2D eigenvalue weighted by Gasteiger charge is -2.30. The van der Waals surface area contributed by atoms with E-state index in [1.54, 1.807) is 0 Å². The van der Waals surface area contributed by atoms with Gasteiger partial charge in [-0.05, 0) is 82.9 Å². The van der Waals surface area contributed by atoms with Crippen LogP contribution in [0.5, 0.6) is 0 Å². The van der Waals surface area contributed by atoms with E-state index in [2.05, 4.69) is 16.7 Å². The van der Waals surface area contributed by atoms with Crippen molar-refractivity contribution in [2.24, 2.45) is 0 Å². The van der Waals surface area contributed by atoms with Gasteiger partial charge in [-0.25, -0.2) is 9.59 Å². The Morgan fingerprint density at radius 3 is 2.34 bits per heavy atom. The molecule has 190 valence electrons. The van der Waals surface area contributed by atoms with Gasteiger partial charge >= 0.3 is 12.2 Å². The maximum atomic E-state index is 12.8. The predicted molar refractivity (Wildman–Crippen MR) is 137 cm³/mol. The Hall–Kier alpha value is -3.06. The summed E-state index contributed by atoms with van der Waals surface area (Å²) in [5, 5.41) is 14.9. The van der Waals surface area contributed by atoms with Crippen LogP contribution in [0.25, 0.3) is 11.1 Å². The van der Waals surface area contributed by atoms with E-state index in [1.165, 1.54) is 0 Å². The van der Waals surface area contributed by atoms with Crippen LogP contribution in [0.15, 0.2) is 48.5 Å². The average Bonchev–Trinajstić information content (AvgIpc) is 2.80. The van der Waals surface area contributed by atoms with E-state index >= 15 is 0 Å². The molecule has 0 radical (unpaired) electrons. The first-order valence-electron chi connectivity index (χ1n) is 12.5. The highest BCUT2D eigenvalue weighted by molar-refractivity contribution is 5.91. The number of ether oxygens (including phenoxy) is 2. The lowest BCUT2D eigenvalue weighted by Crippen LogP contribution is -2.42. The maximum absolute atomic E-state index is 12.8. The van der Waals surface area contributed by atoms with Crippen molar-refractivity contribution in [1.82, 2.24) is 5.32 Å². The molecule has 2 aromatic rings. The van der Waals surface area contributed by atoms with E-state index in [9.17, 15) is 9.59 Å². The molecule has 0 spiro atoms. The molecule has 7 heteroatoms. The number of benzene rings is 2. The van der Waals surface area contributed by atoms with E-state index < -0.39 is 17.8 Å². The third kappa shape index (κ3) is 8.91. The molecule has 0 aromatic heterocycles. The first-order chi connectivity index (χ1) is 16.7. The van der Waals surface area contributed by atoms with Gasteiger partial charge in [0.2, 0.25) is 0 Å². The van der Waals surface area contributed by atoms with Crippen LogP contribution in [0.1, 0.15) is 64.9 Å². The summed E-state index contributed by atoms with van der Waals surface area (Å²) in [5.41, 5.74) is 3.22. The molecule has 3 rings (SSSR count). The molecule has 0 aliphatic heterocycles. The van der Waals surface area contributed by atoms with Gasteiger partial charge in [0.15, 0.2) is 0 Å². The third-order valence-corrected chi connectivity index (χ3v) is 5.95. The first-order valence-corrected chi connectivity index (χ1v) is 12.5. The van der Waals surface area contributed by atoms with Gasteiger partial charge in [-0.1, -0.05) is 42.5 Å². The SMILES string of the molecule is CC(C)(C)OC(=O)NC1CCC(OC(=O)Nc2cc(CCCCO)ccc2-c2ccccc2)CC1. The molecule has 1 fully saturated rings. The maximum Gasteiger partial charge on any atom is 0.411 e. The summed E-state index contributed by atoms with van der Waals surface area (Å²) in [6, 6.07) is 16.0. The van der Waals surface area contributed by atoms with Crippen molar-refractivity contribution >= 4 is 17.9 Å². The van der Waals surface area contributed by atoms with Crippen LogP contribution >= 0.6 is 0 Å². The molecule has 35 heavy (non-hydrogen) atoms. The minimum absolute atomic E-state index is 0.0213. The lowest BCUT2D eigenvalue weighted by molar-refractivity contribution is 0.0440. The largest absolute Gasteiger partial charge is 0.446 e. The number of hydrogen-bond acceptors (Lipinski definition) is 5. The van der Waals surface area contributed by atoms with Crippen LogP contribution in [-0.2, 0) is 15.9 Å². The minimum Gasteiger partial charge on any atom is -0.446 e. The van der Waals surface area contributed by atoms with Gasteiger partial charge in [-0.15, -0.1) is 0 Å². The highest BCUT2D eigenvalue weighted by Crippen LogP contribution is 2.30. The Morgan fingerprint density at radius 1 is 0.971 bits per heavy atom. The number of alkyl carbamates (subject to hydrolysis) is 1. The number of unbranched alkanes of at least 4 members (excludes halogenated alkanes) is 1. The average molecular weight is 483 g/mol. The summed E-state index contributed by atoms with van der Waals surface area (Å²) in [4.78, 5) is 24.8. The number of nitrogens with one attached hydrogen (secondary N) is 2. The van der Waals surface area contributed by atoms with Crippen LogP contribution < -0.4 is 10.6 Å². The zero-order valence-electron chi connectivity index (χ0n) is 21.0. The second-order valence-corrected chi connectivity index (χ2v) is 10.1. The van der Waals surface area contributed by atoms with E-state index in [0.717, 1.165) is 48.8 Å². The van der Waals surface area contributed by atoms with E-state index in [4.69, 9.17) is 14.6 Å². The van der Waals surface area contributed by atoms with Gasteiger partial charge in [0.05, 0.1) is 5.69 Å². The molecule has 3 N–H and O–H groups in total. The third-order valence-electron chi connectivity index (χ3n) is 5.95. The number of aliphatic hydroxyl groups is 1. The smallest absolute Gasteiger partial charge is 0.411 e. The van der Waals surface area contributed by atoms with Gasteiger partial charge in [0, 0.05) is 18.2 Å². The number of aryl methyl sites for hydroxylation is 1. The molecule has 1 aliphatic carbocycles. The van der Waals surface area contributed by atoms with Crippen molar-refractivity contribution in [2.75, 3.05) is 11.9 Å². The van der Waals surface area contributed by atoms with Crippen LogP contribution in [0, 0.1) is 0 Å². The Bertz CT molecular complexity index is 963. The van der Waals surface area contributed by atoms with Gasteiger partial charge in [-0.3, -0.25) is 5.32 Å². The van der Waals surface area contributed by atoms with Crippen LogP contribution in [0.3, 0.4) is 0 Å². The Balaban J connectivity index is 1.58. The highest BCUT2D eigenvalue weighted by atomic mass is 16.6. The number of carbonyl (C=O) groups is 2. The molecular weight excluding hydrogens is 444 g/mol. The summed E-state index contributed by atoms with van der Waals surface area (Å²) in [7, 11) is 0. The van der Waals surface area contributed by atoms with E-state index in [-0.39, 0.29) is 18.8 Å². The number of aliphatic hydroxyl groups excluding tert-OH is 1. The van der Waals surface area contributed by atoms with Gasteiger partial charge in [-0.2, -0.15) is 0 Å². The van der Waals surface area contributed by atoms with Gasteiger partial charge in [0.1, 0.15) is 11.7 Å². The summed E-state index contributed by atoms with van der Waals surface area (Å²) in [6.07, 6.45) is 4.20. The van der Waals surface area contributed by atoms with Crippen molar-refractivity contribution in [3.63, 3.8) is 0 Å². The molecule has 2 aromatic carbocycles. The molecule has 0 saturated heterocycles. The van der Waals surface area contributed by atoms with Crippen molar-refractivity contribution in [3.05, 3.63) is 54.1 Å². The number of amides is 2. The van der Waals surface area contributed by atoms with Crippen LogP contribution in [0.2, 0.25) is 0 Å². The van der Waals surface area contributed by atoms with Crippen molar-refractivity contribution < 1.29 is 24.2 Å². The zero-order valence-corrected chi connectivity index (χ0v) is 21.0. The van der Waals surface area contributed by atoms with E-state index in [0.29, 0.717) is 18.5 Å². The summed E-state index contributed by atoms with van der Waals surface area (Å²) < 4.78 is 11.1. The highest BCUT2D eigenvalue weighted by Gasteiger charge is 2.27. The lowest BCUT2D eigenvalue weighted by atomic mass is 9.93. The fourth-order valence-corrected chi connectivity index (χ4v) is 4.25. The summed E-state index contributed by atoms with van der Waals surface area (Å²) >= 11 is 0. The second-order valence-electron chi connectivity index (χ2n) is 10.1. The minimum atomic E-state index is -0.531. The summed E-state index contributed by atoms with van der Waals surface area (Å²) in [6.45, 7) is 5.69. The molecule has 0 atom stereocenters. The fourth-order valence-electron chi connectivity index (χ4n) is 4.25. The first kappa shape index (κ1) is 26.5. The van der Waals surface area contributed by atoms with E-state index in [1.807, 2.05) is 63.2 Å². The number of hydrogen-bond donors (Lipinski definition) is 3. The molecular formula is C28H38N2O5. The Kier molecular flexibility index (Phi) is 9.55. The number of anilines is 1. The number of carbonyl (C=O) groups excluding carboxylic acids is 2. The monoisotopic (exact) mass is 482 g/mol. The van der Waals surface area contributed by atoms with Crippen molar-refractivity contribution in [1.29, 1.82) is 0 Å². The molecule has 2 amide bonds. The van der Waals surface area contributed by atoms with Gasteiger partial charge < -0.3 is 19.9 Å². The Morgan fingerprint density at radius 2 is 1.69 bits per heavy atom. The Labute approximate surface area is 208 Å². The molecule has 7 nitrogen and oxygen atoms in total. The normalized spacial score (nSPS) is 17.9. The fraction of sp³-hybridized carbons (Fsp3) is 0.500. The van der Waals surface area contributed by atoms with Crippen molar-refractivity contribution in [2.45, 2.75) is 83.5 Å². The molecule has 0 heterocycles. The second kappa shape index (κ2) is 12.6. The molecule has 1 saturated carbocycles. The van der Waals surface area contributed by atoms with Crippen LogP contribution in [0.4, 0.5) is 15.3 Å². The molecule has 0 bridgehead atoms. The van der Waals surface area contributed by atoms with Gasteiger partial charge in [0.25, 0.3) is 0 Å². The van der Waals surface area contributed by atoms with Crippen molar-refractivity contribution in [3.8, 4) is 11.1 Å². The quantitative estimate of drug-likeness (QED) is 0.398. The molecule has 0 unspecified atom stereocenters.